The molecule has 18 heavy (non-hydrogen) atoms. The zero-order valence-corrected chi connectivity index (χ0v) is 10.4. The fraction of sp³-hybridized carbons (Fsp3) is 0.500. The SMILES string of the molecule is CN1CCC(CNc2cc(N)cc([N+](=O)[O-])c2)C1. The number of nitrogen functional groups attached to an aromatic ring is 1. The molecule has 1 aromatic rings. The van der Waals surface area contributed by atoms with Crippen molar-refractivity contribution in [2.75, 3.05) is 37.7 Å². The maximum atomic E-state index is 10.7. The van der Waals surface area contributed by atoms with E-state index in [1.54, 1.807) is 6.07 Å². The number of hydrogen-bond acceptors (Lipinski definition) is 5. The highest BCUT2D eigenvalue weighted by Crippen LogP contribution is 2.23. The zero-order valence-electron chi connectivity index (χ0n) is 10.4. The molecule has 2 rings (SSSR count). The van der Waals surface area contributed by atoms with Gasteiger partial charge in [0.1, 0.15) is 0 Å². The van der Waals surface area contributed by atoms with Crippen LogP contribution in [0.4, 0.5) is 17.1 Å². The summed E-state index contributed by atoms with van der Waals surface area (Å²) < 4.78 is 0. The smallest absolute Gasteiger partial charge is 0.273 e. The average Bonchev–Trinajstić information content (AvgIpc) is 2.72. The molecule has 1 aromatic carbocycles. The quantitative estimate of drug-likeness (QED) is 0.481. The summed E-state index contributed by atoms with van der Waals surface area (Å²) in [7, 11) is 2.10. The molecule has 0 spiro atoms. The number of nitrogens with zero attached hydrogens (tertiary/aromatic N) is 2. The summed E-state index contributed by atoms with van der Waals surface area (Å²) in [5.41, 5.74) is 6.81. The molecule has 1 fully saturated rings. The number of nitrogens with two attached hydrogens (primary N) is 1. The van der Waals surface area contributed by atoms with Gasteiger partial charge in [0.2, 0.25) is 0 Å². The van der Waals surface area contributed by atoms with Gasteiger partial charge >= 0.3 is 0 Å². The molecule has 6 nitrogen and oxygen atoms in total. The van der Waals surface area contributed by atoms with Gasteiger partial charge in [0, 0.05) is 36.6 Å². The number of benzene rings is 1. The van der Waals surface area contributed by atoms with Crippen molar-refractivity contribution in [2.24, 2.45) is 5.92 Å². The Morgan fingerprint density at radius 2 is 2.33 bits per heavy atom. The van der Waals surface area contributed by atoms with Gasteiger partial charge in [0.05, 0.1) is 4.92 Å². The van der Waals surface area contributed by atoms with E-state index >= 15 is 0 Å². The minimum Gasteiger partial charge on any atom is -0.398 e. The number of non-ortho nitro benzene ring substituents is 1. The molecule has 3 N–H and O–H groups in total. The molecule has 0 radical (unpaired) electrons. The van der Waals surface area contributed by atoms with Crippen LogP contribution >= 0.6 is 0 Å². The molecule has 6 heteroatoms. The van der Waals surface area contributed by atoms with E-state index in [0.29, 0.717) is 11.6 Å². The van der Waals surface area contributed by atoms with Crippen LogP contribution < -0.4 is 11.1 Å². The molecule has 0 saturated carbocycles. The Balaban J connectivity index is 1.98. The van der Waals surface area contributed by atoms with E-state index < -0.39 is 4.92 Å². The summed E-state index contributed by atoms with van der Waals surface area (Å²) in [6.07, 6.45) is 1.16. The molecule has 0 amide bonds. The van der Waals surface area contributed by atoms with Crippen molar-refractivity contribution in [3.8, 4) is 0 Å². The molecule has 1 heterocycles. The van der Waals surface area contributed by atoms with Gasteiger partial charge in [-0.25, -0.2) is 0 Å². The minimum atomic E-state index is -0.426. The first-order valence-electron chi connectivity index (χ1n) is 6.02. The normalized spacial score (nSPS) is 19.9. The Labute approximate surface area is 106 Å². The number of nitro groups is 1. The topological polar surface area (TPSA) is 84.4 Å². The molecular formula is C12H18N4O2. The summed E-state index contributed by atoms with van der Waals surface area (Å²) in [4.78, 5) is 12.6. The summed E-state index contributed by atoms with van der Waals surface area (Å²) in [6, 6.07) is 4.62. The van der Waals surface area contributed by atoms with E-state index in [4.69, 9.17) is 5.73 Å². The van der Waals surface area contributed by atoms with Crippen LogP contribution in [-0.2, 0) is 0 Å². The third kappa shape index (κ3) is 3.10. The van der Waals surface area contributed by atoms with Gasteiger partial charge in [-0.3, -0.25) is 10.1 Å². The van der Waals surface area contributed by atoms with E-state index in [0.717, 1.165) is 31.7 Å². The van der Waals surface area contributed by atoms with E-state index in [1.807, 2.05) is 0 Å². The van der Waals surface area contributed by atoms with Crippen LogP contribution in [0.2, 0.25) is 0 Å². The predicted molar refractivity (Wildman–Crippen MR) is 71.6 cm³/mol. The Bertz CT molecular complexity index is 450. The van der Waals surface area contributed by atoms with Crippen molar-refractivity contribution in [1.82, 2.24) is 4.90 Å². The van der Waals surface area contributed by atoms with Gasteiger partial charge in [-0.1, -0.05) is 0 Å². The number of nitrogens with one attached hydrogen (secondary N) is 1. The van der Waals surface area contributed by atoms with Gasteiger partial charge in [-0.2, -0.15) is 0 Å². The maximum Gasteiger partial charge on any atom is 0.273 e. The average molecular weight is 250 g/mol. The van der Waals surface area contributed by atoms with Gasteiger partial charge < -0.3 is 16.0 Å². The van der Waals surface area contributed by atoms with Crippen molar-refractivity contribution in [3.63, 3.8) is 0 Å². The highest BCUT2D eigenvalue weighted by molar-refractivity contribution is 5.61. The van der Waals surface area contributed by atoms with Crippen molar-refractivity contribution >= 4 is 17.1 Å². The zero-order chi connectivity index (χ0) is 13.1. The lowest BCUT2D eigenvalue weighted by Gasteiger charge is -2.13. The summed E-state index contributed by atoms with van der Waals surface area (Å²) in [5.74, 6) is 0.593. The molecule has 1 aliphatic heterocycles. The van der Waals surface area contributed by atoms with E-state index in [-0.39, 0.29) is 5.69 Å². The molecule has 1 saturated heterocycles. The van der Waals surface area contributed by atoms with Crippen LogP contribution in [0.3, 0.4) is 0 Å². The summed E-state index contributed by atoms with van der Waals surface area (Å²) >= 11 is 0. The highest BCUT2D eigenvalue weighted by Gasteiger charge is 2.19. The van der Waals surface area contributed by atoms with Crippen LogP contribution in [0.15, 0.2) is 18.2 Å². The van der Waals surface area contributed by atoms with Crippen LogP contribution in [0, 0.1) is 16.0 Å². The number of hydrogen-bond donors (Lipinski definition) is 2. The second-order valence-corrected chi connectivity index (χ2v) is 4.87. The fourth-order valence-electron chi connectivity index (χ4n) is 2.30. The highest BCUT2D eigenvalue weighted by atomic mass is 16.6. The molecule has 98 valence electrons. The molecule has 1 aliphatic rings. The predicted octanol–water partition coefficient (Wildman–Crippen LogP) is 1.54. The van der Waals surface area contributed by atoms with Crippen molar-refractivity contribution < 1.29 is 4.92 Å². The number of nitro benzene ring substituents is 1. The number of likely N-dealkylation sites (tertiary alicyclic amines) is 1. The Kier molecular flexibility index (Phi) is 3.66. The first-order valence-corrected chi connectivity index (χ1v) is 6.02. The Morgan fingerprint density at radius 1 is 1.56 bits per heavy atom. The lowest BCUT2D eigenvalue weighted by Crippen LogP contribution is -2.19. The third-order valence-electron chi connectivity index (χ3n) is 3.23. The van der Waals surface area contributed by atoms with Gasteiger partial charge in [0.25, 0.3) is 5.69 Å². The standard InChI is InChI=1S/C12H18N4O2/c1-15-3-2-9(8-15)7-14-11-4-10(13)5-12(6-11)16(17)18/h4-6,9,14H,2-3,7-8,13H2,1H3. The Hall–Kier alpha value is -1.82. The lowest BCUT2D eigenvalue weighted by molar-refractivity contribution is -0.384. The second-order valence-electron chi connectivity index (χ2n) is 4.87. The van der Waals surface area contributed by atoms with Crippen molar-refractivity contribution in [2.45, 2.75) is 6.42 Å². The largest absolute Gasteiger partial charge is 0.398 e. The number of rotatable bonds is 4. The Morgan fingerprint density at radius 3 is 2.94 bits per heavy atom. The minimum absolute atomic E-state index is 0.0287. The maximum absolute atomic E-state index is 10.7. The van der Waals surface area contributed by atoms with Gasteiger partial charge in [-0.15, -0.1) is 0 Å². The molecule has 0 aliphatic carbocycles. The molecule has 1 atom stereocenters. The summed E-state index contributed by atoms with van der Waals surface area (Å²) in [5, 5.41) is 14.0. The van der Waals surface area contributed by atoms with E-state index in [2.05, 4.69) is 17.3 Å². The fourth-order valence-corrected chi connectivity index (χ4v) is 2.30. The van der Waals surface area contributed by atoms with E-state index in [1.165, 1.54) is 12.1 Å². The van der Waals surface area contributed by atoms with E-state index in [9.17, 15) is 10.1 Å². The van der Waals surface area contributed by atoms with Crippen LogP contribution in [-0.4, -0.2) is 36.5 Å². The first-order chi connectivity index (χ1) is 8.54. The summed E-state index contributed by atoms with van der Waals surface area (Å²) in [6.45, 7) is 3.01. The third-order valence-corrected chi connectivity index (χ3v) is 3.23. The van der Waals surface area contributed by atoms with Crippen molar-refractivity contribution in [3.05, 3.63) is 28.3 Å². The van der Waals surface area contributed by atoms with Crippen LogP contribution in [0.5, 0.6) is 0 Å². The first kappa shape index (κ1) is 12.6. The molecular weight excluding hydrogens is 232 g/mol. The van der Waals surface area contributed by atoms with Gasteiger partial charge in [-0.05, 0) is 32.0 Å². The lowest BCUT2D eigenvalue weighted by atomic mass is 10.1. The van der Waals surface area contributed by atoms with Crippen LogP contribution in [0.1, 0.15) is 6.42 Å². The molecule has 0 bridgehead atoms. The second kappa shape index (κ2) is 5.22. The molecule has 0 aromatic heterocycles. The number of anilines is 2. The molecule has 1 unspecified atom stereocenters. The monoisotopic (exact) mass is 250 g/mol. The van der Waals surface area contributed by atoms with Crippen LogP contribution in [0.25, 0.3) is 0 Å². The van der Waals surface area contributed by atoms with Gasteiger partial charge in [0.15, 0.2) is 0 Å². The van der Waals surface area contributed by atoms with Crippen molar-refractivity contribution in [1.29, 1.82) is 0 Å².